The summed E-state index contributed by atoms with van der Waals surface area (Å²) >= 11 is 1.06. The lowest BCUT2D eigenvalue weighted by Crippen LogP contribution is -2.33. The van der Waals surface area contributed by atoms with Gasteiger partial charge in [-0.3, -0.25) is 0 Å². The summed E-state index contributed by atoms with van der Waals surface area (Å²) < 4.78 is 66.8. The number of sulfonamides is 1. The highest BCUT2D eigenvalue weighted by Gasteiger charge is 2.31. The van der Waals surface area contributed by atoms with Crippen LogP contribution in [0.2, 0.25) is 0 Å². The molecule has 0 spiro atoms. The van der Waals surface area contributed by atoms with Crippen LogP contribution in [0.5, 0.6) is 0 Å². The van der Waals surface area contributed by atoms with E-state index in [1.54, 1.807) is 11.4 Å². The van der Waals surface area contributed by atoms with Crippen molar-refractivity contribution in [2.45, 2.75) is 15.9 Å². The maximum atomic E-state index is 13.3. The fourth-order valence-electron chi connectivity index (χ4n) is 2.82. The Morgan fingerprint density at radius 3 is 2.21 bits per heavy atom. The van der Waals surface area contributed by atoms with Crippen LogP contribution in [-0.2, 0) is 26.3 Å². The molecule has 3 rings (SSSR count). The Morgan fingerprint density at radius 2 is 1.59 bits per heavy atom. The fraction of sp³-hybridized carbons (Fsp3) is 0.200. The van der Waals surface area contributed by atoms with Gasteiger partial charge in [0.15, 0.2) is 9.84 Å². The first-order valence-corrected chi connectivity index (χ1v) is 12.9. The number of halogens is 1. The highest BCUT2D eigenvalue weighted by atomic mass is 32.2. The molecule has 5 nitrogen and oxygen atoms in total. The van der Waals surface area contributed by atoms with Crippen LogP contribution in [0.3, 0.4) is 0 Å². The van der Waals surface area contributed by atoms with Crippen molar-refractivity contribution in [3.05, 3.63) is 89.1 Å². The maximum Gasteiger partial charge on any atom is 0.211 e. The first kappa shape index (κ1) is 21.6. The van der Waals surface area contributed by atoms with Crippen LogP contribution >= 0.6 is 11.3 Å². The standard InChI is InChI=1S/C20H20FNO4S3/c21-18-10-8-17(9-11-18)19(29(25,26)20-7-4-13-27-20)15-22-28(23,24)14-12-16-5-2-1-3-6-16/h1-11,13,19,22H,12,14-15H2. The topological polar surface area (TPSA) is 80.3 Å². The molecule has 9 heteroatoms. The van der Waals surface area contributed by atoms with Gasteiger partial charge in [0, 0.05) is 6.54 Å². The molecule has 0 aliphatic carbocycles. The number of aryl methyl sites for hydroxylation is 1. The molecule has 0 aliphatic rings. The van der Waals surface area contributed by atoms with E-state index in [2.05, 4.69) is 4.72 Å². The van der Waals surface area contributed by atoms with E-state index in [9.17, 15) is 21.2 Å². The van der Waals surface area contributed by atoms with Crippen molar-refractivity contribution < 1.29 is 21.2 Å². The quantitative estimate of drug-likeness (QED) is 0.537. The molecule has 1 atom stereocenters. The van der Waals surface area contributed by atoms with Gasteiger partial charge in [-0.05, 0) is 41.1 Å². The molecule has 154 valence electrons. The molecule has 0 saturated carbocycles. The van der Waals surface area contributed by atoms with E-state index in [1.807, 2.05) is 30.3 Å². The van der Waals surface area contributed by atoms with Crippen LogP contribution < -0.4 is 4.72 Å². The van der Waals surface area contributed by atoms with Gasteiger partial charge in [-0.2, -0.15) is 0 Å². The van der Waals surface area contributed by atoms with Gasteiger partial charge in [0.2, 0.25) is 10.0 Å². The van der Waals surface area contributed by atoms with Gasteiger partial charge in [0.1, 0.15) is 15.3 Å². The Kier molecular flexibility index (Phi) is 6.84. The van der Waals surface area contributed by atoms with Crippen molar-refractivity contribution in [2.24, 2.45) is 0 Å². The second-order valence-electron chi connectivity index (χ2n) is 6.42. The Bertz CT molecular complexity index is 1130. The predicted molar refractivity (Wildman–Crippen MR) is 113 cm³/mol. The predicted octanol–water partition coefficient (Wildman–Crippen LogP) is 3.56. The van der Waals surface area contributed by atoms with Gasteiger partial charge >= 0.3 is 0 Å². The minimum Gasteiger partial charge on any atom is -0.222 e. The monoisotopic (exact) mass is 453 g/mol. The molecular formula is C20H20FNO4S3. The zero-order valence-corrected chi connectivity index (χ0v) is 17.8. The molecule has 0 radical (unpaired) electrons. The summed E-state index contributed by atoms with van der Waals surface area (Å²) in [5.41, 5.74) is 1.20. The second kappa shape index (κ2) is 9.17. The van der Waals surface area contributed by atoms with E-state index < -0.39 is 30.9 Å². The van der Waals surface area contributed by atoms with E-state index in [1.165, 1.54) is 18.2 Å². The number of sulfone groups is 1. The van der Waals surface area contributed by atoms with E-state index in [0.717, 1.165) is 29.0 Å². The van der Waals surface area contributed by atoms with Crippen LogP contribution in [0.1, 0.15) is 16.4 Å². The van der Waals surface area contributed by atoms with Crippen LogP contribution in [0.4, 0.5) is 4.39 Å². The molecular weight excluding hydrogens is 433 g/mol. The average Bonchev–Trinajstić information content (AvgIpc) is 3.24. The molecule has 29 heavy (non-hydrogen) atoms. The molecule has 1 heterocycles. The van der Waals surface area contributed by atoms with Gasteiger partial charge < -0.3 is 0 Å². The molecule has 0 bridgehead atoms. The molecule has 1 unspecified atom stereocenters. The second-order valence-corrected chi connectivity index (χ2v) is 11.7. The maximum absolute atomic E-state index is 13.3. The van der Waals surface area contributed by atoms with Gasteiger partial charge in [0.25, 0.3) is 0 Å². The zero-order valence-electron chi connectivity index (χ0n) is 15.4. The molecule has 0 saturated heterocycles. The first-order chi connectivity index (χ1) is 13.8. The first-order valence-electron chi connectivity index (χ1n) is 8.82. The van der Waals surface area contributed by atoms with Crippen molar-refractivity contribution in [2.75, 3.05) is 12.3 Å². The lowest BCUT2D eigenvalue weighted by atomic mass is 10.1. The minimum absolute atomic E-state index is 0.135. The molecule has 1 N–H and O–H groups in total. The Balaban J connectivity index is 1.79. The van der Waals surface area contributed by atoms with Gasteiger partial charge in [-0.15, -0.1) is 11.3 Å². The minimum atomic E-state index is -3.84. The molecule has 3 aromatic rings. The van der Waals surface area contributed by atoms with Crippen LogP contribution in [0.15, 0.2) is 76.3 Å². The largest absolute Gasteiger partial charge is 0.222 e. The highest BCUT2D eigenvalue weighted by molar-refractivity contribution is 7.93. The number of thiophene rings is 1. The Labute approximate surface area is 174 Å². The third-order valence-corrected chi connectivity index (χ3v) is 9.26. The van der Waals surface area contributed by atoms with E-state index in [4.69, 9.17) is 0 Å². The Morgan fingerprint density at radius 1 is 0.897 bits per heavy atom. The van der Waals surface area contributed by atoms with Crippen molar-refractivity contribution in [1.82, 2.24) is 4.72 Å². The van der Waals surface area contributed by atoms with E-state index >= 15 is 0 Å². The lowest BCUT2D eigenvalue weighted by molar-refractivity contribution is 0.568. The van der Waals surface area contributed by atoms with Crippen molar-refractivity contribution in [1.29, 1.82) is 0 Å². The number of nitrogens with one attached hydrogen (secondary N) is 1. The third kappa shape index (κ3) is 5.72. The molecule has 0 aliphatic heterocycles. The summed E-state index contributed by atoms with van der Waals surface area (Å²) in [6.45, 7) is -0.330. The van der Waals surface area contributed by atoms with Crippen LogP contribution in [-0.4, -0.2) is 29.1 Å². The molecule has 0 fully saturated rings. The lowest BCUT2D eigenvalue weighted by Gasteiger charge is -2.18. The van der Waals surface area contributed by atoms with Crippen molar-refractivity contribution >= 4 is 31.2 Å². The molecule has 2 aromatic carbocycles. The Hall–Kier alpha value is -2.07. The zero-order chi connectivity index (χ0) is 20.9. The summed E-state index contributed by atoms with van der Waals surface area (Å²) in [6.07, 6.45) is 0.315. The normalized spacial score (nSPS) is 13.3. The highest BCUT2D eigenvalue weighted by Crippen LogP contribution is 2.31. The summed E-state index contributed by atoms with van der Waals surface area (Å²) in [4.78, 5) is 0. The molecule has 1 aromatic heterocycles. The summed E-state index contributed by atoms with van der Waals surface area (Å²) in [7, 11) is -7.55. The smallest absolute Gasteiger partial charge is 0.211 e. The van der Waals surface area contributed by atoms with Crippen LogP contribution in [0, 0.1) is 5.82 Å². The third-order valence-electron chi connectivity index (χ3n) is 4.38. The van der Waals surface area contributed by atoms with Crippen LogP contribution in [0.25, 0.3) is 0 Å². The summed E-state index contributed by atoms with van der Waals surface area (Å²) in [5, 5.41) is 0.479. The van der Waals surface area contributed by atoms with Crippen molar-refractivity contribution in [3.8, 4) is 0 Å². The average molecular weight is 454 g/mol. The number of rotatable bonds is 9. The van der Waals surface area contributed by atoms with Crippen molar-refractivity contribution in [3.63, 3.8) is 0 Å². The van der Waals surface area contributed by atoms with E-state index in [-0.39, 0.29) is 16.5 Å². The number of hydrogen-bond acceptors (Lipinski definition) is 5. The van der Waals surface area contributed by atoms with E-state index in [0.29, 0.717) is 12.0 Å². The van der Waals surface area contributed by atoms with Gasteiger partial charge in [-0.25, -0.2) is 25.9 Å². The SMILES string of the molecule is O=S(=O)(CCc1ccccc1)NCC(c1ccc(F)cc1)S(=O)(=O)c1cccs1. The number of hydrogen-bond donors (Lipinski definition) is 1. The van der Waals surface area contributed by atoms with Gasteiger partial charge in [-0.1, -0.05) is 48.5 Å². The summed E-state index contributed by atoms with van der Waals surface area (Å²) in [6, 6.07) is 17.3. The van der Waals surface area contributed by atoms with Gasteiger partial charge in [0.05, 0.1) is 5.75 Å². The number of benzene rings is 2. The summed E-state index contributed by atoms with van der Waals surface area (Å²) in [5.74, 6) is -0.656. The molecule has 0 amide bonds. The fourth-order valence-corrected chi connectivity index (χ4v) is 6.86.